The lowest BCUT2D eigenvalue weighted by atomic mass is 10.1. The first-order chi connectivity index (χ1) is 21.7. The van der Waals surface area contributed by atoms with Crippen LogP contribution >= 0.6 is 0 Å². The van der Waals surface area contributed by atoms with Crippen LogP contribution in [0.25, 0.3) is 0 Å². The number of ether oxygens (including phenoxy) is 2. The van der Waals surface area contributed by atoms with Crippen LogP contribution in [-0.4, -0.2) is 56.5 Å². The van der Waals surface area contributed by atoms with Crippen molar-refractivity contribution in [2.24, 2.45) is 0 Å². The molecule has 0 radical (unpaired) electrons. The molecule has 0 bridgehead atoms. The summed E-state index contributed by atoms with van der Waals surface area (Å²) in [6.07, 6.45) is -4.28. The molecule has 0 saturated heterocycles. The lowest BCUT2D eigenvalue weighted by Gasteiger charge is -2.27. The Morgan fingerprint density at radius 1 is 1.25 bits per heavy atom. The number of carbonyl (C=O) groups excluding carboxylic acids is 3. The number of imide groups is 1. The van der Waals surface area contributed by atoms with Gasteiger partial charge in [-0.05, 0) is 36.7 Å². The zero-order chi connectivity index (χ0) is 38.1. The number of sulfone groups is 1. The van der Waals surface area contributed by atoms with E-state index < -0.39 is 107 Å². The normalized spacial score (nSPS) is 25.5. The monoisotopic (exact) mass is 477 g/mol. The van der Waals surface area contributed by atoms with Crippen molar-refractivity contribution >= 4 is 33.2 Å². The zero-order valence-electron chi connectivity index (χ0n) is 32.7. The number of rotatable bonds is 8. The predicted molar refractivity (Wildman–Crippen MR) is 118 cm³/mol. The van der Waals surface area contributed by atoms with Crippen molar-refractivity contribution in [2.75, 3.05) is 30.8 Å². The maximum atomic E-state index is 13.9. The number of carbonyl (C=O) groups is 3. The highest BCUT2D eigenvalue weighted by Gasteiger charge is 2.43. The summed E-state index contributed by atoms with van der Waals surface area (Å²) in [7, 11) is -9.63. The van der Waals surface area contributed by atoms with Crippen LogP contribution in [0.15, 0.2) is 36.4 Å². The smallest absolute Gasteiger partial charge is 0.264 e. The van der Waals surface area contributed by atoms with E-state index in [1.54, 1.807) is 0 Å². The summed E-state index contributed by atoms with van der Waals surface area (Å²) in [4.78, 5) is 39.6. The van der Waals surface area contributed by atoms with E-state index >= 15 is 0 Å². The average molecular weight is 478 g/mol. The minimum atomic E-state index is -6.28. The number of methoxy groups -OCH3 is 1. The molecule has 2 aromatic rings. The molecular formula is C22H24N2O7S. The Morgan fingerprint density at radius 3 is 2.81 bits per heavy atom. The number of hydrogen-bond acceptors (Lipinski definition) is 7. The van der Waals surface area contributed by atoms with Crippen LogP contribution in [0.5, 0.6) is 11.5 Å². The van der Waals surface area contributed by atoms with Crippen LogP contribution in [0.2, 0.25) is 0 Å². The molecule has 170 valence electrons. The maximum absolute atomic E-state index is 13.9. The molecule has 1 aliphatic rings. The van der Waals surface area contributed by atoms with Crippen molar-refractivity contribution in [3.05, 3.63) is 53.1 Å². The van der Waals surface area contributed by atoms with E-state index in [0.29, 0.717) is 12.1 Å². The molecule has 1 aliphatic heterocycles. The fourth-order valence-corrected chi connectivity index (χ4v) is 3.41. The Morgan fingerprint density at radius 2 is 2.09 bits per heavy atom. The van der Waals surface area contributed by atoms with Crippen molar-refractivity contribution in [1.82, 2.24) is 4.90 Å². The molecular weight excluding hydrogens is 436 g/mol. The molecule has 3 amide bonds. The topological polar surface area (TPSA) is 119 Å². The summed E-state index contributed by atoms with van der Waals surface area (Å²) >= 11 is 0. The summed E-state index contributed by atoms with van der Waals surface area (Å²) in [5.74, 6) is -7.32. The van der Waals surface area contributed by atoms with Crippen LogP contribution in [0.3, 0.4) is 0 Å². The Balaban J connectivity index is 2.44. The fraction of sp³-hybridized carbons (Fsp3) is 0.318. The highest BCUT2D eigenvalue weighted by Crippen LogP contribution is 2.38. The number of amides is 3. The first-order valence-electron chi connectivity index (χ1n) is 16.8. The van der Waals surface area contributed by atoms with Gasteiger partial charge in [0.15, 0.2) is 11.5 Å². The zero-order valence-corrected chi connectivity index (χ0v) is 16.5. The molecule has 3 rings (SSSR count). The average Bonchev–Trinajstić information content (AvgIpc) is 3.16. The van der Waals surface area contributed by atoms with Gasteiger partial charge in [0.2, 0.25) is 5.91 Å². The van der Waals surface area contributed by atoms with E-state index in [1.807, 2.05) is 5.32 Å². The summed E-state index contributed by atoms with van der Waals surface area (Å²) in [5, 5.41) is 1.87. The van der Waals surface area contributed by atoms with Gasteiger partial charge in [-0.3, -0.25) is 19.3 Å². The Labute approximate surface area is 210 Å². The number of fused-ring (bicyclic) bond motifs is 1. The number of benzene rings is 2. The standard InChI is InChI=1S/C22H24N2O7S/c1-5-31-19-11-14(9-10-18(19)30-3)17(12-32(4,28)29)24-21(26)15-7-6-8-16(23-13(2)25)20(15)22(24)27/h6-11,17H,5,12H2,1-4H3,(H,23,25)/i1D3,2D3,3D3,4D3,5D2,12D2,17D. The van der Waals surface area contributed by atoms with Gasteiger partial charge in [-0.15, -0.1) is 0 Å². The van der Waals surface area contributed by atoms with Crippen molar-refractivity contribution in [2.45, 2.75) is 19.7 Å². The molecule has 1 heterocycles. The van der Waals surface area contributed by atoms with E-state index in [-0.39, 0.29) is 11.0 Å². The number of nitrogens with zero attached hydrogens (tertiary/aromatic N) is 1. The lowest BCUT2D eigenvalue weighted by Crippen LogP contribution is -2.37. The van der Waals surface area contributed by atoms with Gasteiger partial charge in [0.1, 0.15) is 9.84 Å². The molecule has 0 saturated carbocycles. The minimum Gasteiger partial charge on any atom is -0.493 e. The molecule has 0 fully saturated rings. The number of anilines is 1. The molecule has 0 aliphatic carbocycles. The predicted octanol–water partition coefficient (Wildman–Crippen LogP) is 2.43. The Hall–Kier alpha value is -3.40. The first-order valence-corrected chi connectivity index (χ1v) is 9.81. The summed E-state index contributed by atoms with van der Waals surface area (Å²) in [6, 6.07) is 0.0366. The highest BCUT2D eigenvalue weighted by atomic mass is 32.2. The van der Waals surface area contributed by atoms with Gasteiger partial charge in [0.25, 0.3) is 11.8 Å². The maximum Gasteiger partial charge on any atom is 0.264 e. The highest BCUT2D eigenvalue weighted by molar-refractivity contribution is 7.90. The van der Waals surface area contributed by atoms with Gasteiger partial charge < -0.3 is 14.8 Å². The first kappa shape index (κ1) is 9.62. The lowest BCUT2D eigenvalue weighted by molar-refractivity contribution is -0.114. The second-order valence-electron chi connectivity index (χ2n) is 6.05. The van der Waals surface area contributed by atoms with Crippen LogP contribution in [0.4, 0.5) is 5.69 Å². The summed E-state index contributed by atoms with van der Waals surface area (Å²) in [5.41, 5.74) is -8.06. The van der Waals surface area contributed by atoms with Crippen LogP contribution in [0, 0.1) is 0 Å². The molecule has 1 unspecified atom stereocenters. The third-order valence-corrected chi connectivity index (χ3v) is 4.57. The van der Waals surface area contributed by atoms with E-state index in [1.165, 1.54) is 0 Å². The third-order valence-electron chi connectivity index (χ3n) is 4.11. The molecule has 1 N–H and O–H groups in total. The van der Waals surface area contributed by atoms with Crippen molar-refractivity contribution in [3.8, 4) is 11.5 Å². The van der Waals surface area contributed by atoms with Gasteiger partial charge in [0.05, 0.1) is 50.4 Å². The fourth-order valence-electron chi connectivity index (χ4n) is 2.95. The molecule has 9 nitrogen and oxygen atoms in total. The van der Waals surface area contributed by atoms with Crippen LogP contribution < -0.4 is 14.8 Å². The second-order valence-corrected chi connectivity index (χ2v) is 7.26. The van der Waals surface area contributed by atoms with Gasteiger partial charge in [-0.1, -0.05) is 12.1 Å². The van der Waals surface area contributed by atoms with Crippen LogP contribution in [0.1, 0.15) is 69.3 Å². The quantitative estimate of drug-likeness (QED) is 0.580. The van der Waals surface area contributed by atoms with Crippen molar-refractivity contribution < 1.29 is 55.6 Å². The molecule has 0 spiro atoms. The number of hydrogen-bond donors (Lipinski definition) is 1. The second kappa shape index (κ2) is 8.99. The summed E-state index contributed by atoms with van der Waals surface area (Å²) in [6.45, 7) is -10.6. The van der Waals surface area contributed by atoms with Gasteiger partial charge >= 0.3 is 0 Å². The third kappa shape index (κ3) is 4.59. The van der Waals surface area contributed by atoms with E-state index in [9.17, 15) is 24.2 Å². The Kier molecular flexibility index (Phi) is 2.70. The van der Waals surface area contributed by atoms with Crippen molar-refractivity contribution in [1.29, 1.82) is 0 Å². The molecule has 0 aromatic heterocycles. The van der Waals surface area contributed by atoms with Gasteiger partial charge in [-0.2, -0.15) is 0 Å². The van der Waals surface area contributed by atoms with E-state index in [0.717, 1.165) is 18.2 Å². The number of nitrogens with one attached hydrogen (secondary N) is 1. The molecule has 32 heavy (non-hydrogen) atoms. The summed E-state index contributed by atoms with van der Waals surface area (Å²) < 4.78 is 167. The van der Waals surface area contributed by atoms with E-state index in [2.05, 4.69) is 0 Å². The molecule has 2 aromatic carbocycles. The van der Waals surface area contributed by atoms with E-state index in [4.69, 9.17) is 31.4 Å². The molecule has 10 heteroatoms. The van der Waals surface area contributed by atoms with Gasteiger partial charge in [0, 0.05) is 28.1 Å². The van der Waals surface area contributed by atoms with Crippen LogP contribution in [-0.2, 0) is 14.6 Å². The molecule has 1 atom stereocenters. The largest absolute Gasteiger partial charge is 0.493 e. The SMILES string of the molecule is [2H]C([2H])([2H])Oc1ccc(C([2H])(N2C(=O)c3cccc(NC(=O)C([2H])([2H])[2H])c3C2=O)C([2H])([2H])S(=O)(=O)C([2H])([2H])[2H])cc1OC([2H])([2H])C([2H])([2H])[2H]. The minimum absolute atomic E-state index is 0.269. The van der Waals surface area contributed by atoms with Gasteiger partial charge in [-0.25, -0.2) is 8.42 Å². The Bertz CT molecular complexity index is 1800. The van der Waals surface area contributed by atoms with Crippen molar-refractivity contribution in [3.63, 3.8) is 0 Å².